The van der Waals surface area contributed by atoms with Gasteiger partial charge in [-0.2, -0.15) is 0 Å². The largest absolute Gasteiger partial charge is 0.299 e. The van der Waals surface area contributed by atoms with Crippen LogP contribution < -0.4 is 5.90 Å². The van der Waals surface area contributed by atoms with Gasteiger partial charge in [0, 0.05) is 0 Å². The SMILES string of the molecule is NOCC1=Cc2ccc(F)cc2S1(=O)=O. The van der Waals surface area contributed by atoms with Crippen molar-refractivity contribution in [1.82, 2.24) is 0 Å². The van der Waals surface area contributed by atoms with Crippen LogP contribution in [0.25, 0.3) is 6.08 Å². The summed E-state index contributed by atoms with van der Waals surface area (Å²) in [5.41, 5.74) is 0.462. The Morgan fingerprint density at radius 3 is 2.80 bits per heavy atom. The molecule has 2 rings (SSSR count). The predicted octanol–water partition coefficient (Wildman–Crippen LogP) is 0.844. The van der Waals surface area contributed by atoms with Gasteiger partial charge in [-0.3, -0.25) is 4.84 Å². The van der Waals surface area contributed by atoms with Gasteiger partial charge in [-0.1, -0.05) is 6.07 Å². The highest BCUT2D eigenvalue weighted by Crippen LogP contribution is 2.32. The highest BCUT2D eigenvalue weighted by molar-refractivity contribution is 7.95. The first kappa shape index (κ1) is 10.3. The molecule has 0 fully saturated rings. The lowest BCUT2D eigenvalue weighted by Gasteiger charge is -2.01. The number of halogens is 1. The second-order valence-electron chi connectivity index (χ2n) is 3.11. The molecule has 6 heteroatoms. The van der Waals surface area contributed by atoms with Gasteiger partial charge in [0.2, 0.25) is 9.84 Å². The highest BCUT2D eigenvalue weighted by atomic mass is 32.2. The van der Waals surface area contributed by atoms with Crippen LogP contribution in [0.4, 0.5) is 4.39 Å². The lowest BCUT2D eigenvalue weighted by Crippen LogP contribution is -2.10. The summed E-state index contributed by atoms with van der Waals surface area (Å²) >= 11 is 0. The van der Waals surface area contributed by atoms with Crippen LogP contribution >= 0.6 is 0 Å². The van der Waals surface area contributed by atoms with Crippen molar-refractivity contribution in [2.24, 2.45) is 5.90 Å². The van der Waals surface area contributed by atoms with Gasteiger partial charge in [-0.25, -0.2) is 18.7 Å². The molecule has 0 saturated heterocycles. The first-order valence-corrected chi connectivity index (χ1v) is 5.61. The second-order valence-corrected chi connectivity index (χ2v) is 5.08. The number of sulfone groups is 1. The lowest BCUT2D eigenvalue weighted by molar-refractivity contribution is 0.166. The van der Waals surface area contributed by atoms with Crippen molar-refractivity contribution < 1.29 is 17.6 Å². The molecule has 1 heterocycles. The van der Waals surface area contributed by atoms with Gasteiger partial charge in [0.05, 0.1) is 9.80 Å². The van der Waals surface area contributed by atoms with E-state index in [2.05, 4.69) is 4.84 Å². The van der Waals surface area contributed by atoms with Gasteiger partial charge >= 0.3 is 0 Å². The molecular weight excluding hydrogens is 221 g/mol. The van der Waals surface area contributed by atoms with Gasteiger partial charge in [-0.15, -0.1) is 0 Å². The molecule has 4 nitrogen and oxygen atoms in total. The fourth-order valence-electron chi connectivity index (χ4n) is 1.45. The summed E-state index contributed by atoms with van der Waals surface area (Å²) in [6, 6.07) is 3.60. The second kappa shape index (κ2) is 3.41. The minimum Gasteiger partial charge on any atom is -0.299 e. The summed E-state index contributed by atoms with van der Waals surface area (Å²) in [5, 5.41) is 0. The van der Waals surface area contributed by atoms with Crippen LogP contribution in [-0.2, 0) is 14.7 Å². The van der Waals surface area contributed by atoms with E-state index in [9.17, 15) is 12.8 Å². The Labute approximate surface area is 86.0 Å². The Hall–Kier alpha value is -1.24. The lowest BCUT2D eigenvalue weighted by atomic mass is 10.2. The van der Waals surface area contributed by atoms with Crippen LogP contribution in [0.1, 0.15) is 5.56 Å². The average molecular weight is 229 g/mol. The standard InChI is InChI=1S/C9H8FNO3S/c10-7-2-1-6-3-8(5-14-11)15(12,13)9(6)4-7/h1-4H,5,11H2. The van der Waals surface area contributed by atoms with Crippen LogP contribution in [0, 0.1) is 5.82 Å². The maximum absolute atomic E-state index is 12.9. The Balaban J connectivity index is 2.58. The maximum atomic E-state index is 12.9. The summed E-state index contributed by atoms with van der Waals surface area (Å²) in [7, 11) is -3.61. The molecule has 1 aromatic carbocycles. The number of nitrogens with two attached hydrogens (primary N) is 1. The minimum atomic E-state index is -3.61. The number of hydrogen-bond donors (Lipinski definition) is 1. The van der Waals surface area contributed by atoms with Crippen molar-refractivity contribution in [2.45, 2.75) is 4.90 Å². The molecule has 0 amide bonds. The number of fused-ring (bicyclic) bond motifs is 1. The van der Waals surface area contributed by atoms with Crippen molar-refractivity contribution in [3.63, 3.8) is 0 Å². The molecule has 1 aliphatic heterocycles. The zero-order valence-electron chi connectivity index (χ0n) is 7.60. The fourth-order valence-corrected chi connectivity index (χ4v) is 2.95. The van der Waals surface area contributed by atoms with Crippen LogP contribution in [0.5, 0.6) is 0 Å². The van der Waals surface area contributed by atoms with Crippen molar-refractivity contribution in [2.75, 3.05) is 6.61 Å². The first-order valence-electron chi connectivity index (χ1n) is 4.12. The first-order chi connectivity index (χ1) is 7.05. The Kier molecular flexibility index (Phi) is 2.34. The van der Waals surface area contributed by atoms with E-state index in [1.807, 2.05) is 0 Å². The number of hydrogen-bond acceptors (Lipinski definition) is 4. The zero-order chi connectivity index (χ0) is 11.1. The predicted molar refractivity (Wildman–Crippen MR) is 51.7 cm³/mol. The van der Waals surface area contributed by atoms with E-state index in [4.69, 9.17) is 5.90 Å². The van der Waals surface area contributed by atoms with E-state index in [0.717, 1.165) is 6.07 Å². The average Bonchev–Trinajstić information content (AvgIpc) is 2.41. The van der Waals surface area contributed by atoms with Gasteiger partial charge in [0.15, 0.2) is 0 Å². The van der Waals surface area contributed by atoms with E-state index in [0.29, 0.717) is 5.56 Å². The molecule has 0 saturated carbocycles. The van der Waals surface area contributed by atoms with E-state index in [-0.39, 0.29) is 16.4 Å². The molecule has 0 aromatic heterocycles. The molecule has 0 bridgehead atoms. The van der Waals surface area contributed by atoms with E-state index in [1.165, 1.54) is 18.2 Å². The van der Waals surface area contributed by atoms with E-state index < -0.39 is 15.7 Å². The summed E-state index contributed by atoms with van der Waals surface area (Å²) in [5.74, 6) is 4.23. The molecule has 0 spiro atoms. The van der Waals surface area contributed by atoms with Gasteiger partial charge in [0.25, 0.3) is 0 Å². The number of rotatable bonds is 2. The molecule has 15 heavy (non-hydrogen) atoms. The van der Waals surface area contributed by atoms with Crippen LogP contribution in [0.2, 0.25) is 0 Å². The maximum Gasteiger partial charge on any atom is 0.205 e. The fraction of sp³-hybridized carbons (Fsp3) is 0.111. The van der Waals surface area contributed by atoms with E-state index >= 15 is 0 Å². The number of benzene rings is 1. The van der Waals surface area contributed by atoms with E-state index in [1.54, 1.807) is 0 Å². The van der Waals surface area contributed by atoms with Crippen LogP contribution in [-0.4, -0.2) is 15.0 Å². The molecule has 0 atom stereocenters. The van der Waals surface area contributed by atoms with Crippen molar-refractivity contribution in [3.8, 4) is 0 Å². The smallest absolute Gasteiger partial charge is 0.205 e. The highest BCUT2D eigenvalue weighted by Gasteiger charge is 2.29. The molecule has 0 aliphatic carbocycles. The molecule has 0 radical (unpaired) electrons. The van der Waals surface area contributed by atoms with Crippen molar-refractivity contribution >= 4 is 15.9 Å². The summed E-state index contributed by atoms with van der Waals surface area (Å²) in [6.07, 6.45) is 1.43. The Morgan fingerprint density at radius 2 is 2.13 bits per heavy atom. The topological polar surface area (TPSA) is 69.4 Å². The molecule has 80 valence electrons. The molecule has 0 unspecified atom stereocenters. The molecule has 1 aromatic rings. The quantitative estimate of drug-likeness (QED) is 0.763. The normalized spacial score (nSPS) is 17.3. The molecule has 2 N–H and O–H groups in total. The summed E-state index contributed by atoms with van der Waals surface area (Å²) < 4.78 is 36.4. The van der Waals surface area contributed by atoms with Gasteiger partial charge < -0.3 is 0 Å². The van der Waals surface area contributed by atoms with Crippen molar-refractivity contribution in [3.05, 3.63) is 34.5 Å². The monoisotopic (exact) mass is 229 g/mol. The Bertz CT molecular complexity index is 536. The minimum absolute atomic E-state index is 0.0328. The third kappa shape index (κ3) is 1.56. The summed E-state index contributed by atoms with van der Waals surface area (Å²) in [6.45, 7) is -0.210. The van der Waals surface area contributed by atoms with Gasteiger partial charge in [0.1, 0.15) is 12.4 Å². The summed E-state index contributed by atoms with van der Waals surface area (Å²) in [4.78, 5) is 4.30. The van der Waals surface area contributed by atoms with Crippen LogP contribution in [0.15, 0.2) is 28.0 Å². The Morgan fingerprint density at radius 1 is 1.40 bits per heavy atom. The third-order valence-corrected chi connectivity index (χ3v) is 4.01. The third-order valence-electron chi connectivity index (χ3n) is 2.15. The zero-order valence-corrected chi connectivity index (χ0v) is 8.42. The molecule has 1 aliphatic rings. The molecular formula is C9H8FNO3S. The van der Waals surface area contributed by atoms with Crippen LogP contribution in [0.3, 0.4) is 0 Å². The van der Waals surface area contributed by atoms with Crippen molar-refractivity contribution in [1.29, 1.82) is 0 Å². The van der Waals surface area contributed by atoms with Gasteiger partial charge in [-0.05, 0) is 23.8 Å².